The van der Waals surface area contributed by atoms with E-state index in [0.717, 1.165) is 71.7 Å². The number of para-hydroxylation sites is 2. The van der Waals surface area contributed by atoms with Crippen LogP contribution in [-0.2, 0) is 9.59 Å². The third kappa shape index (κ3) is 3.72. The molecule has 8 aliphatic rings. The summed E-state index contributed by atoms with van der Waals surface area (Å²) in [6.07, 6.45) is 13.4. The van der Waals surface area contributed by atoms with Crippen LogP contribution in [0.15, 0.2) is 60.7 Å². The molecule has 2 aromatic heterocycles. The Morgan fingerprint density at radius 1 is 0.523 bits per heavy atom. The fourth-order valence-electron chi connectivity index (χ4n) is 11.9. The predicted octanol–water partition coefficient (Wildman–Crippen LogP) is 7.61. The zero-order chi connectivity index (χ0) is 29.2. The van der Waals surface area contributed by atoms with Gasteiger partial charge >= 0.3 is 11.9 Å². The fraction of sp³-hybridized carbons (Fsp3) is 0.526. The van der Waals surface area contributed by atoms with E-state index in [1.165, 1.54) is 38.5 Å². The van der Waals surface area contributed by atoms with Gasteiger partial charge in [-0.1, -0.05) is 36.4 Å². The highest BCUT2D eigenvalue weighted by atomic mass is 16.7. The molecule has 2 aromatic carbocycles. The molecule has 8 bridgehead atoms. The highest BCUT2D eigenvalue weighted by molar-refractivity contribution is 5.92. The van der Waals surface area contributed by atoms with Crippen LogP contribution in [0.3, 0.4) is 0 Å². The highest BCUT2D eigenvalue weighted by Gasteiger charge is 2.57. The van der Waals surface area contributed by atoms with Gasteiger partial charge in [0.25, 0.3) is 0 Å². The molecule has 6 nitrogen and oxygen atoms in total. The molecule has 8 fully saturated rings. The zero-order valence-electron chi connectivity index (χ0n) is 25.3. The zero-order valence-corrected chi connectivity index (χ0v) is 25.3. The summed E-state index contributed by atoms with van der Waals surface area (Å²) in [4.78, 5) is 41.5. The Morgan fingerprint density at radius 3 is 1.18 bits per heavy atom. The Bertz CT molecular complexity index is 1640. The molecule has 0 N–H and O–H groups in total. The van der Waals surface area contributed by atoms with Crippen LogP contribution in [0.2, 0.25) is 0 Å². The Hall–Kier alpha value is -3.54. The van der Waals surface area contributed by atoms with E-state index in [9.17, 15) is 9.59 Å². The van der Waals surface area contributed by atoms with E-state index >= 15 is 0 Å². The van der Waals surface area contributed by atoms with Crippen LogP contribution in [0.25, 0.3) is 33.2 Å². The van der Waals surface area contributed by atoms with Crippen molar-refractivity contribution in [1.29, 1.82) is 0 Å². The minimum absolute atomic E-state index is 0.0903. The quantitative estimate of drug-likeness (QED) is 0.241. The summed E-state index contributed by atoms with van der Waals surface area (Å²) < 4.78 is 3.47. The second-order valence-electron chi connectivity index (χ2n) is 15.9. The van der Waals surface area contributed by atoms with Crippen molar-refractivity contribution in [3.63, 3.8) is 0 Å². The molecule has 8 saturated carbocycles. The van der Waals surface area contributed by atoms with Gasteiger partial charge in [0.05, 0.1) is 21.9 Å². The standard InChI is InChI=1S/C38H40N2O4/c41-35(37-17-23-9-24(18-37)11-25(10-23)19-37)43-39-31-7-3-1-5-29(31)15-33(39)34-16-30-6-2-4-8-32(30)40(34)44-36(42)38-20-26-12-27(21-38)14-28(13-26)22-38/h1-8,15-16,23-28H,9-14,17-22H2. The Labute approximate surface area is 257 Å². The lowest BCUT2D eigenvalue weighted by atomic mass is 9.49. The summed E-state index contributed by atoms with van der Waals surface area (Å²) >= 11 is 0. The first kappa shape index (κ1) is 25.8. The number of carbonyl (C=O) groups is 2. The van der Waals surface area contributed by atoms with Crippen molar-refractivity contribution < 1.29 is 19.3 Å². The minimum Gasteiger partial charge on any atom is -0.335 e. The van der Waals surface area contributed by atoms with Crippen LogP contribution in [0.1, 0.15) is 77.0 Å². The smallest absolute Gasteiger partial charge is 0.335 e. The van der Waals surface area contributed by atoms with Gasteiger partial charge in [-0.2, -0.15) is 9.46 Å². The normalized spacial score (nSPS) is 36.4. The third-order valence-electron chi connectivity index (χ3n) is 12.9. The molecule has 2 heterocycles. The summed E-state index contributed by atoms with van der Waals surface area (Å²) in [5.41, 5.74) is 2.41. The molecule has 0 saturated heterocycles. The maximum Gasteiger partial charge on any atom is 0.339 e. The van der Waals surface area contributed by atoms with Crippen LogP contribution in [0.4, 0.5) is 0 Å². The molecular formula is C38H40N2O4. The fourth-order valence-corrected chi connectivity index (χ4v) is 11.9. The van der Waals surface area contributed by atoms with E-state index in [1.54, 1.807) is 9.46 Å². The number of benzene rings is 2. The van der Waals surface area contributed by atoms with Crippen LogP contribution in [0.5, 0.6) is 0 Å². The van der Waals surface area contributed by atoms with E-state index in [0.29, 0.717) is 35.5 Å². The Balaban J connectivity index is 1.06. The van der Waals surface area contributed by atoms with Gasteiger partial charge in [0.1, 0.15) is 11.4 Å². The second-order valence-corrected chi connectivity index (χ2v) is 15.9. The lowest BCUT2D eigenvalue weighted by molar-refractivity contribution is -0.172. The molecule has 0 aliphatic heterocycles. The van der Waals surface area contributed by atoms with E-state index in [4.69, 9.17) is 9.68 Å². The molecule has 0 radical (unpaired) electrons. The van der Waals surface area contributed by atoms with Gasteiger partial charge in [0.2, 0.25) is 0 Å². The van der Waals surface area contributed by atoms with Gasteiger partial charge in [-0.3, -0.25) is 0 Å². The van der Waals surface area contributed by atoms with Crippen molar-refractivity contribution in [2.45, 2.75) is 77.0 Å². The van der Waals surface area contributed by atoms with Crippen molar-refractivity contribution in [3.8, 4) is 11.4 Å². The van der Waals surface area contributed by atoms with Gasteiger partial charge < -0.3 is 9.68 Å². The average molecular weight is 589 g/mol. The minimum atomic E-state index is -0.380. The molecule has 0 amide bonds. The van der Waals surface area contributed by atoms with Crippen molar-refractivity contribution in [2.75, 3.05) is 0 Å². The monoisotopic (exact) mass is 588 g/mol. The molecule has 226 valence electrons. The van der Waals surface area contributed by atoms with Crippen molar-refractivity contribution >= 4 is 33.7 Å². The maximum absolute atomic E-state index is 14.3. The van der Waals surface area contributed by atoms with Crippen LogP contribution in [0, 0.1) is 46.3 Å². The first-order chi connectivity index (χ1) is 21.4. The number of carbonyl (C=O) groups excluding carboxylic acids is 2. The van der Waals surface area contributed by atoms with Gasteiger partial charge in [-0.25, -0.2) is 9.59 Å². The molecule has 4 aromatic rings. The van der Waals surface area contributed by atoms with E-state index in [-0.39, 0.29) is 22.8 Å². The number of rotatable bonds is 5. The number of aromatic nitrogens is 2. The third-order valence-corrected chi connectivity index (χ3v) is 12.9. The summed E-state index contributed by atoms with van der Waals surface area (Å²) in [6.45, 7) is 0. The lowest BCUT2D eigenvalue weighted by Crippen LogP contribution is -2.52. The lowest BCUT2D eigenvalue weighted by Gasteiger charge is -2.55. The Morgan fingerprint density at radius 2 is 0.841 bits per heavy atom. The summed E-state index contributed by atoms with van der Waals surface area (Å²) in [5.74, 6) is 3.74. The van der Waals surface area contributed by atoms with Crippen molar-refractivity contribution in [1.82, 2.24) is 9.46 Å². The number of hydrogen-bond acceptors (Lipinski definition) is 4. The molecule has 6 heteroatoms. The summed E-state index contributed by atoms with van der Waals surface area (Å²) in [7, 11) is 0. The van der Waals surface area contributed by atoms with Gasteiger partial charge in [-0.15, -0.1) is 0 Å². The molecule has 8 aliphatic carbocycles. The van der Waals surface area contributed by atoms with E-state index in [1.807, 2.05) is 36.4 Å². The average Bonchev–Trinajstić information content (AvgIpc) is 3.54. The van der Waals surface area contributed by atoms with Crippen LogP contribution >= 0.6 is 0 Å². The first-order valence-corrected chi connectivity index (χ1v) is 17.1. The van der Waals surface area contributed by atoms with Crippen LogP contribution in [-0.4, -0.2) is 21.4 Å². The number of hydrogen-bond donors (Lipinski definition) is 0. The topological polar surface area (TPSA) is 62.5 Å². The SMILES string of the molecule is O=C(On1c(-c2cc3ccccc3n2OC(=O)C23CC4CC(CC(C4)C2)C3)cc2ccccc21)C12CC3CC(CC(C3)C1)C2. The van der Waals surface area contributed by atoms with Crippen LogP contribution < -0.4 is 9.68 Å². The maximum atomic E-state index is 14.3. The van der Waals surface area contributed by atoms with Gasteiger partial charge in [-0.05, 0) is 137 Å². The molecular weight excluding hydrogens is 548 g/mol. The van der Waals surface area contributed by atoms with E-state index in [2.05, 4.69) is 24.3 Å². The first-order valence-electron chi connectivity index (χ1n) is 17.1. The molecule has 12 rings (SSSR count). The second kappa shape index (κ2) is 9.02. The summed E-state index contributed by atoms with van der Waals surface area (Å²) in [5, 5.41) is 1.98. The summed E-state index contributed by atoms with van der Waals surface area (Å²) in [6, 6.07) is 20.3. The van der Waals surface area contributed by atoms with Crippen molar-refractivity contribution in [3.05, 3.63) is 60.7 Å². The Kier molecular flexibility index (Phi) is 5.28. The number of nitrogens with zero attached hydrogens (tertiary/aromatic N) is 2. The predicted molar refractivity (Wildman–Crippen MR) is 167 cm³/mol. The van der Waals surface area contributed by atoms with Crippen molar-refractivity contribution in [2.24, 2.45) is 46.3 Å². The van der Waals surface area contributed by atoms with E-state index < -0.39 is 0 Å². The molecule has 0 atom stereocenters. The number of fused-ring (bicyclic) bond motifs is 2. The van der Waals surface area contributed by atoms with Gasteiger partial charge in [0, 0.05) is 10.8 Å². The molecule has 0 spiro atoms. The highest BCUT2D eigenvalue weighted by Crippen LogP contribution is 2.61. The largest absolute Gasteiger partial charge is 0.339 e. The molecule has 0 unspecified atom stereocenters. The van der Waals surface area contributed by atoms with Gasteiger partial charge in [0.15, 0.2) is 0 Å². The molecule has 44 heavy (non-hydrogen) atoms.